The average Bonchev–Trinajstić information content (AvgIpc) is 3.46. The number of fused-ring (bicyclic) bond motifs is 2. The van der Waals surface area contributed by atoms with E-state index in [4.69, 9.17) is 9.97 Å². The molecular formula is C28H34N8. The van der Waals surface area contributed by atoms with Gasteiger partial charge in [-0.15, -0.1) is 0 Å². The zero-order valence-electron chi connectivity index (χ0n) is 21.9. The van der Waals surface area contributed by atoms with Gasteiger partial charge in [-0.05, 0) is 44.4 Å². The molecular weight excluding hydrogens is 448 g/mol. The van der Waals surface area contributed by atoms with Crippen molar-refractivity contribution in [3.05, 3.63) is 60.9 Å². The van der Waals surface area contributed by atoms with Crippen LogP contribution in [0.1, 0.15) is 0 Å². The first-order valence-corrected chi connectivity index (χ1v) is 12.2. The van der Waals surface area contributed by atoms with Crippen LogP contribution in [0.25, 0.3) is 33.2 Å². The summed E-state index contributed by atoms with van der Waals surface area (Å²) in [7, 11) is 12.5. The zero-order valence-corrected chi connectivity index (χ0v) is 21.9. The molecule has 0 unspecified atom stereocenters. The van der Waals surface area contributed by atoms with E-state index in [1.54, 1.807) is 0 Å². The number of aryl methyl sites for hydroxylation is 1. The molecule has 0 fully saturated rings. The largest absolute Gasteiger partial charge is 0.376 e. The molecule has 0 saturated heterocycles. The molecule has 36 heavy (non-hydrogen) atoms. The van der Waals surface area contributed by atoms with Gasteiger partial charge < -0.3 is 29.6 Å². The molecule has 0 amide bonds. The highest BCUT2D eigenvalue weighted by atomic mass is 15.2. The summed E-state index contributed by atoms with van der Waals surface area (Å²) in [5.41, 5.74) is 7.25. The third kappa shape index (κ3) is 4.47. The van der Waals surface area contributed by atoms with Gasteiger partial charge in [0.15, 0.2) is 0 Å². The van der Waals surface area contributed by atoms with Gasteiger partial charge in [-0.1, -0.05) is 18.2 Å². The van der Waals surface area contributed by atoms with E-state index in [0.29, 0.717) is 5.95 Å². The smallest absolute Gasteiger partial charge is 0.229 e. The Morgan fingerprint density at radius 1 is 0.889 bits per heavy atom. The summed E-state index contributed by atoms with van der Waals surface area (Å²) in [6, 6.07) is 16.9. The van der Waals surface area contributed by atoms with Crippen molar-refractivity contribution >= 4 is 44.9 Å². The molecule has 8 nitrogen and oxygen atoms in total. The predicted octanol–water partition coefficient (Wildman–Crippen LogP) is 4.92. The molecule has 3 aromatic heterocycles. The third-order valence-electron chi connectivity index (χ3n) is 6.58. The number of para-hydroxylation sites is 1. The number of likely N-dealkylation sites (N-methyl/N-ethyl adjacent to an activating group) is 2. The Hall–Kier alpha value is -4.04. The number of anilines is 4. The normalized spacial score (nSPS) is 11.5. The predicted molar refractivity (Wildman–Crippen MR) is 152 cm³/mol. The maximum absolute atomic E-state index is 5.00. The minimum absolute atomic E-state index is 0.561. The lowest BCUT2D eigenvalue weighted by molar-refractivity contribution is 0.416. The highest BCUT2D eigenvalue weighted by molar-refractivity contribution is 6.02. The lowest BCUT2D eigenvalue weighted by Gasteiger charge is -2.27. The molecule has 0 aliphatic carbocycles. The van der Waals surface area contributed by atoms with Crippen molar-refractivity contribution < 1.29 is 0 Å². The molecule has 0 aliphatic heterocycles. The molecule has 0 radical (unpaired) electrons. The Bertz CT molecular complexity index is 1510. The van der Waals surface area contributed by atoms with Gasteiger partial charge in [-0.25, -0.2) is 4.98 Å². The van der Waals surface area contributed by atoms with Gasteiger partial charge >= 0.3 is 0 Å². The topological polar surface area (TPSA) is 68.2 Å². The monoisotopic (exact) mass is 482 g/mol. The van der Waals surface area contributed by atoms with E-state index in [1.807, 2.05) is 12.3 Å². The van der Waals surface area contributed by atoms with Crippen LogP contribution < -0.4 is 15.1 Å². The Morgan fingerprint density at radius 2 is 1.69 bits per heavy atom. The molecule has 0 spiro atoms. The fourth-order valence-corrected chi connectivity index (χ4v) is 4.61. The Morgan fingerprint density at radius 3 is 2.47 bits per heavy atom. The second-order valence-corrected chi connectivity index (χ2v) is 9.75. The van der Waals surface area contributed by atoms with Crippen LogP contribution in [0.5, 0.6) is 0 Å². The van der Waals surface area contributed by atoms with Gasteiger partial charge in [-0.2, -0.15) is 4.98 Å². The van der Waals surface area contributed by atoms with Gasteiger partial charge in [0.2, 0.25) is 5.95 Å². The molecule has 0 atom stereocenters. The summed E-state index contributed by atoms with van der Waals surface area (Å²) in [5.74, 6) is 0.561. The van der Waals surface area contributed by atoms with Crippen molar-refractivity contribution in [3.63, 3.8) is 0 Å². The van der Waals surface area contributed by atoms with E-state index in [1.165, 1.54) is 16.6 Å². The molecule has 2 aromatic carbocycles. The first-order valence-electron chi connectivity index (χ1n) is 12.2. The quantitative estimate of drug-likeness (QED) is 0.327. The van der Waals surface area contributed by atoms with E-state index < -0.39 is 0 Å². The summed E-state index contributed by atoms with van der Waals surface area (Å²) >= 11 is 0. The van der Waals surface area contributed by atoms with Crippen molar-refractivity contribution in [2.24, 2.45) is 7.05 Å². The number of hydrogen-bond donors (Lipinski definition) is 2. The van der Waals surface area contributed by atoms with Gasteiger partial charge in [-0.3, -0.25) is 0 Å². The number of rotatable bonds is 8. The second kappa shape index (κ2) is 9.54. The van der Waals surface area contributed by atoms with Gasteiger partial charge in [0.1, 0.15) is 5.65 Å². The highest BCUT2D eigenvalue weighted by Crippen LogP contribution is 2.35. The number of H-pyrrole nitrogens is 1. The number of aromatic nitrogens is 4. The van der Waals surface area contributed by atoms with Crippen LogP contribution in [0.2, 0.25) is 0 Å². The Kier molecular flexibility index (Phi) is 6.28. The minimum Gasteiger partial charge on any atom is -0.376 e. The van der Waals surface area contributed by atoms with Gasteiger partial charge in [0.05, 0.1) is 17.1 Å². The first kappa shape index (κ1) is 23.7. The third-order valence-corrected chi connectivity index (χ3v) is 6.58. The molecule has 5 aromatic rings. The van der Waals surface area contributed by atoms with Crippen LogP contribution in [-0.4, -0.2) is 72.7 Å². The number of nitrogens with one attached hydrogen (secondary N) is 2. The van der Waals surface area contributed by atoms with Crippen LogP contribution in [0.4, 0.5) is 23.0 Å². The van der Waals surface area contributed by atoms with Crippen LogP contribution in [0, 0.1) is 0 Å². The van der Waals surface area contributed by atoms with Crippen molar-refractivity contribution in [1.82, 2.24) is 24.4 Å². The summed E-state index contributed by atoms with van der Waals surface area (Å²) in [6.45, 7) is 1.94. The summed E-state index contributed by atoms with van der Waals surface area (Å²) in [6.07, 6.45) is 4.06. The van der Waals surface area contributed by atoms with Crippen molar-refractivity contribution in [2.75, 3.05) is 63.4 Å². The average molecular weight is 483 g/mol. The van der Waals surface area contributed by atoms with E-state index in [0.717, 1.165) is 46.8 Å². The van der Waals surface area contributed by atoms with E-state index in [9.17, 15) is 0 Å². The summed E-state index contributed by atoms with van der Waals surface area (Å²) < 4.78 is 2.15. The number of aromatic amines is 1. The van der Waals surface area contributed by atoms with Crippen molar-refractivity contribution in [1.29, 1.82) is 0 Å². The Balaban J connectivity index is 1.53. The molecule has 0 bridgehead atoms. The number of benzene rings is 2. The maximum atomic E-state index is 5.00. The molecule has 186 valence electrons. The fourth-order valence-electron chi connectivity index (χ4n) is 4.61. The maximum Gasteiger partial charge on any atom is 0.229 e. The SMILES string of the molecule is CN(C)CCN(C)c1ccc(Nc2nc(-c3cn(C)c4ccccc34)c3cc[nH]c3n2)cc1N(C)C. The lowest BCUT2D eigenvalue weighted by Crippen LogP contribution is -2.29. The summed E-state index contributed by atoms with van der Waals surface area (Å²) in [4.78, 5) is 19.7. The number of nitrogens with zero attached hydrogens (tertiary/aromatic N) is 6. The van der Waals surface area contributed by atoms with E-state index in [-0.39, 0.29) is 0 Å². The lowest BCUT2D eigenvalue weighted by atomic mass is 10.1. The molecule has 5 rings (SSSR count). The molecule has 8 heteroatoms. The van der Waals surface area contributed by atoms with Crippen LogP contribution in [-0.2, 0) is 7.05 Å². The highest BCUT2D eigenvalue weighted by Gasteiger charge is 2.17. The number of hydrogen-bond acceptors (Lipinski definition) is 6. The van der Waals surface area contributed by atoms with Crippen molar-refractivity contribution in [2.45, 2.75) is 0 Å². The van der Waals surface area contributed by atoms with E-state index in [2.05, 4.69) is 121 Å². The molecule has 0 saturated carbocycles. The summed E-state index contributed by atoms with van der Waals surface area (Å²) in [5, 5.41) is 5.64. The van der Waals surface area contributed by atoms with Crippen LogP contribution >= 0.6 is 0 Å². The molecule has 3 heterocycles. The second-order valence-electron chi connectivity index (χ2n) is 9.75. The van der Waals surface area contributed by atoms with Gasteiger partial charge in [0.25, 0.3) is 0 Å². The van der Waals surface area contributed by atoms with Gasteiger partial charge in [0, 0.05) is 81.2 Å². The Labute approximate surface area is 212 Å². The minimum atomic E-state index is 0.561. The van der Waals surface area contributed by atoms with Crippen molar-refractivity contribution in [3.8, 4) is 11.3 Å². The fraction of sp³-hybridized carbons (Fsp3) is 0.286. The zero-order chi connectivity index (χ0) is 25.4. The molecule has 2 N–H and O–H groups in total. The van der Waals surface area contributed by atoms with Crippen LogP contribution in [0.15, 0.2) is 60.9 Å². The standard InChI is InChI=1S/C28H34N8/c1-33(2)15-16-35(5)24-12-11-19(17-25(24)34(3)4)30-28-31-26(21-13-14-29-27(21)32-28)22-18-36(6)23-10-8-7-9-20(22)23/h7-14,17-18H,15-16H2,1-6H3,(H2,29,30,31,32). The molecule has 0 aliphatic rings. The van der Waals surface area contributed by atoms with Crippen LogP contribution in [0.3, 0.4) is 0 Å². The first-order chi connectivity index (χ1) is 17.3. The van der Waals surface area contributed by atoms with E-state index >= 15 is 0 Å².